The predicted octanol–water partition coefficient (Wildman–Crippen LogP) is 2.57. The number of aromatic nitrogens is 3. The number of nitrogen functional groups attached to an aromatic ring is 1. The van der Waals surface area contributed by atoms with Gasteiger partial charge in [0.25, 0.3) is 0 Å². The molecular weight excluding hydrogens is 374 g/mol. The number of thioether (sulfide) groups is 1. The molecule has 0 unspecified atom stereocenters. The largest absolute Gasteiger partial charge is 0.454 e. The second-order valence-electron chi connectivity index (χ2n) is 5.47. The second kappa shape index (κ2) is 6.89. The van der Waals surface area contributed by atoms with Crippen molar-refractivity contribution >= 4 is 34.7 Å². The quantitative estimate of drug-likeness (QED) is 0.510. The Hall–Kier alpha value is -2.72. The van der Waals surface area contributed by atoms with Crippen LogP contribution < -0.4 is 20.6 Å². The van der Waals surface area contributed by atoms with Gasteiger partial charge in [-0.1, -0.05) is 17.8 Å². The van der Waals surface area contributed by atoms with E-state index >= 15 is 0 Å². The molecule has 1 aliphatic heterocycles. The Morgan fingerprint density at radius 2 is 2.19 bits per heavy atom. The summed E-state index contributed by atoms with van der Waals surface area (Å²) in [7, 11) is 0. The molecule has 0 fully saturated rings. The Morgan fingerprint density at radius 3 is 3.00 bits per heavy atom. The summed E-state index contributed by atoms with van der Waals surface area (Å²) in [5.74, 6) is 7.76. The number of anilines is 1. The number of carbonyl (C=O) groups is 1. The molecule has 0 bridgehead atoms. The molecule has 1 atom stereocenters. The summed E-state index contributed by atoms with van der Waals surface area (Å²) in [4.78, 5) is 13.4. The van der Waals surface area contributed by atoms with Gasteiger partial charge in [-0.05, 0) is 30.5 Å². The number of benzene rings is 1. The van der Waals surface area contributed by atoms with Crippen molar-refractivity contribution in [2.45, 2.75) is 17.3 Å². The molecule has 3 aromatic rings. The van der Waals surface area contributed by atoms with Crippen LogP contribution in [-0.4, -0.2) is 32.8 Å². The molecule has 26 heavy (non-hydrogen) atoms. The number of nitrogens with zero attached hydrogens (tertiary/aromatic N) is 3. The first-order valence-corrected chi connectivity index (χ1v) is 9.49. The first kappa shape index (κ1) is 16.7. The number of ether oxygens (including phenoxy) is 2. The number of nitrogens with two attached hydrogens (primary N) is 1. The van der Waals surface area contributed by atoms with Gasteiger partial charge in [0.05, 0.1) is 10.1 Å². The van der Waals surface area contributed by atoms with Crippen molar-refractivity contribution in [3.63, 3.8) is 0 Å². The molecule has 0 aliphatic carbocycles. The molecular formula is C16H15N5O3S2. The third-order valence-electron chi connectivity index (χ3n) is 3.70. The van der Waals surface area contributed by atoms with Gasteiger partial charge in [-0.15, -0.1) is 21.5 Å². The Kier molecular flexibility index (Phi) is 4.43. The topological polar surface area (TPSA) is 104 Å². The van der Waals surface area contributed by atoms with Crippen molar-refractivity contribution in [2.24, 2.45) is 0 Å². The summed E-state index contributed by atoms with van der Waals surface area (Å²) in [5.41, 5.74) is 0.639. The molecule has 10 heteroatoms. The SMILES string of the molecule is C[C@@H](Sc1nnc(-c2cccs2)n1N)C(=O)Nc1ccc2c(c1)OCO2. The minimum absolute atomic E-state index is 0.172. The molecule has 4 rings (SSSR count). The average Bonchev–Trinajstić information content (AvgIpc) is 3.36. The van der Waals surface area contributed by atoms with E-state index in [1.165, 1.54) is 27.8 Å². The maximum absolute atomic E-state index is 12.5. The van der Waals surface area contributed by atoms with Crippen LogP contribution in [0.4, 0.5) is 5.69 Å². The van der Waals surface area contributed by atoms with Crippen LogP contribution in [0.3, 0.4) is 0 Å². The number of thiophene rings is 1. The monoisotopic (exact) mass is 389 g/mol. The molecule has 3 heterocycles. The van der Waals surface area contributed by atoms with Crippen molar-refractivity contribution in [1.29, 1.82) is 0 Å². The molecule has 134 valence electrons. The predicted molar refractivity (Wildman–Crippen MR) is 100.0 cm³/mol. The normalized spacial score (nSPS) is 13.6. The highest BCUT2D eigenvalue weighted by molar-refractivity contribution is 8.00. The lowest BCUT2D eigenvalue weighted by Crippen LogP contribution is -2.23. The van der Waals surface area contributed by atoms with Gasteiger partial charge in [0, 0.05) is 11.8 Å². The third-order valence-corrected chi connectivity index (χ3v) is 5.62. The molecule has 0 saturated heterocycles. The van der Waals surface area contributed by atoms with E-state index in [1.807, 2.05) is 17.5 Å². The van der Waals surface area contributed by atoms with Gasteiger partial charge in [0.1, 0.15) is 0 Å². The van der Waals surface area contributed by atoms with E-state index in [0.29, 0.717) is 28.2 Å². The number of rotatable bonds is 5. The van der Waals surface area contributed by atoms with Crippen molar-refractivity contribution in [3.8, 4) is 22.2 Å². The van der Waals surface area contributed by atoms with Crippen LogP contribution in [0.1, 0.15) is 6.92 Å². The fourth-order valence-electron chi connectivity index (χ4n) is 2.36. The average molecular weight is 389 g/mol. The summed E-state index contributed by atoms with van der Waals surface area (Å²) < 4.78 is 12.0. The van der Waals surface area contributed by atoms with Gasteiger partial charge in [0.15, 0.2) is 17.3 Å². The number of hydrogen-bond acceptors (Lipinski definition) is 8. The first-order chi connectivity index (χ1) is 12.6. The number of hydrogen-bond donors (Lipinski definition) is 2. The van der Waals surface area contributed by atoms with Crippen LogP contribution in [0.15, 0.2) is 40.9 Å². The van der Waals surface area contributed by atoms with E-state index in [1.54, 1.807) is 25.1 Å². The van der Waals surface area contributed by atoms with Crippen LogP contribution in [0.25, 0.3) is 10.7 Å². The van der Waals surface area contributed by atoms with Gasteiger partial charge >= 0.3 is 0 Å². The van der Waals surface area contributed by atoms with Gasteiger partial charge in [-0.3, -0.25) is 4.79 Å². The zero-order valence-corrected chi connectivity index (χ0v) is 15.3. The number of fused-ring (bicyclic) bond motifs is 1. The molecule has 3 N–H and O–H groups in total. The molecule has 0 saturated carbocycles. The summed E-state index contributed by atoms with van der Waals surface area (Å²) in [6.45, 7) is 1.98. The molecule has 8 nitrogen and oxygen atoms in total. The highest BCUT2D eigenvalue weighted by atomic mass is 32.2. The smallest absolute Gasteiger partial charge is 0.237 e. The summed E-state index contributed by atoms with van der Waals surface area (Å²) in [6.07, 6.45) is 0. The zero-order valence-electron chi connectivity index (χ0n) is 13.7. The lowest BCUT2D eigenvalue weighted by Gasteiger charge is -2.11. The Bertz CT molecular complexity index is 942. The van der Waals surface area contributed by atoms with E-state index in [9.17, 15) is 4.79 Å². The van der Waals surface area contributed by atoms with E-state index in [-0.39, 0.29) is 12.7 Å². The van der Waals surface area contributed by atoms with E-state index in [4.69, 9.17) is 15.3 Å². The minimum atomic E-state index is -0.414. The van der Waals surface area contributed by atoms with Crippen molar-refractivity contribution in [2.75, 3.05) is 18.0 Å². The Labute approximate surface area is 157 Å². The fourth-order valence-corrected chi connectivity index (χ4v) is 3.84. The summed E-state index contributed by atoms with van der Waals surface area (Å²) in [6, 6.07) is 9.10. The van der Waals surface area contributed by atoms with E-state index in [2.05, 4.69) is 15.5 Å². The van der Waals surface area contributed by atoms with E-state index in [0.717, 1.165) is 4.88 Å². The van der Waals surface area contributed by atoms with Gasteiger partial charge < -0.3 is 20.6 Å². The van der Waals surface area contributed by atoms with Crippen LogP contribution >= 0.6 is 23.1 Å². The maximum atomic E-state index is 12.5. The van der Waals surface area contributed by atoms with Crippen LogP contribution in [0.2, 0.25) is 0 Å². The molecule has 1 aromatic carbocycles. The second-order valence-corrected chi connectivity index (χ2v) is 7.73. The molecule has 1 amide bonds. The van der Waals surface area contributed by atoms with E-state index < -0.39 is 5.25 Å². The Balaban J connectivity index is 1.43. The lowest BCUT2D eigenvalue weighted by molar-refractivity contribution is -0.115. The van der Waals surface area contributed by atoms with Crippen molar-refractivity contribution < 1.29 is 14.3 Å². The highest BCUT2D eigenvalue weighted by Gasteiger charge is 2.21. The number of carbonyl (C=O) groups excluding carboxylic acids is 1. The summed E-state index contributed by atoms with van der Waals surface area (Å²) >= 11 is 2.77. The molecule has 2 aromatic heterocycles. The van der Waals surface area contributed by atoms with Crippen molar-refractivity contribution in [1.82, 2.24) is 14.9 Å². The third kappa shape index (κ3) is 3.20. The van der Waals surface area contributed by atoms with Gasteiger partial charge in [-0.2, -0.15) is 0 Å². The van der Waals surface area contributed by atoms with Gasteiger partial charge in [-0.25, -0.2) is 4.68 Å². The standard InChI is InChI=1S/C16H15N5O3S2/c1-9(15(22)18-10-4-5-11-12(7-10)24-8-23-11)26-16-20-19-14(21(16)17)13-3-2-6-25-13/h2-7,9H,8,17H2,1H3,(H,18,22)/t9-/m1/s1. The number of amides is 1. The molecule has 0 radical (unpaired) electrons. The maximum Gasteiger partial charge on any atom is 0.237 e. The minimum Gasteiger partial charge on any atom is -0.454 e. The molecule has 1 aliphatic rings. The van der Waals surface area contributed by atoms with Gasteiger partial charge in [0.2, 0.25) is 17.9 Å². The number of nitrogens with one attached hydrogen (secondary N) is 1. The summed E-state index contributed by atoms with van der Waals surface area (Å²) in [5, 5.41) is 13.1. The van der Waals surface area contributed by atoms with Crippen LogP contribution in [0, 0.1) is 0 Å². The fraction of sp³-hybridized carbons (Fsp3) is 0.188. The van der Waals surface area contributed by atoms with Crippen LogP contribution in [0.5, 0.6) is 11.5 Å². The first-order valence-electron chi connectivity index (χ1n) is 7.73. The lowest BCUT2D eigenvalue weighted by atomic mass is 10.2. The van der Waals surface area contributed by atoms with Crippen LogP contribution in [-0.2, 0) is 4.79 Å². The zero-order chi connectivity index (χ0) is 18.1. The van der Waals surface area contributed by atoms with Crippen molar-refractivity contribution in [3.05, 3.63) is 35.7 Å². The Morgan fingerprint density at radius 1 is 1.35 bits per heavy atom. The molecule has 0 spiro atoms. The highest BCUT2D eigenvalue weighted by Crippen LogP contribution is 2.34.